The summed E-state index contributed by atoms with van der Waals surface area (Å²) in [6.45, 7) is 16.8. The quantitative estimate of drug-likeness (QED) is 0.0752. The number of para-hydroxylation sites is 1. The molecule has 5 saturated heterocycles. The molecule has 2 bridgehead atoms. The SMILES string of the molecule is CC1N=CSC1c1ccc([C@H](C)NC(=O)[C@@H]2C[C@@H](O)CN2C(=O)[C@@H](c2cc(N3CCC(CN4CCCN(C5CC(Oc6cc(N7CC8CCN(c9cc(-c%10ccccc%10O)nnc9N)CC7C8)ccn6)C5)C4)CC3)no2)C(C)C)cc1. The number of piperidine rings is 1. The standard InChI is InChI=1S/C61H79N13O6S/c1-37(2)57(61(78)74-34-47(75)28-52(74)60(77)65-38(3)42-10-12-43(13-11-42)58-39(4)64-35-81-58)54-30-55(68-80-54)70-21-15-40(16-22-70)31-69-19-7-20-72(36-69)45-25-48(26-45)79-56-27-44(14-18-63-56)73-32-41-17-23-71(33-46(73)24-41)51-29-50(66-67-59(51)62)49-8-5-6-9-53(49)76/h5-6,8-14,18,27,29-30,35,37-41,45-48,52,57-58,75-76H,7,15-17,19-26,28,31-34,36H2,1-4H3,(H2,62,67)(H,65,77)/t38-,39?,41?,45?,46?,47+,48?,52-,57+,58?/m0/s1. The van der Waals surface area contributed by atoms with Crippen molar-refractivity contribution in [1.82, 2.24) is 40.4 Å². The number of ether oxygens (including phenoxy) is 1. The highest BCUT2D eigenvalue weighted by atomic mass is 32.2. The first-order valence-corrected chi connectivity index (χ1v) is 30.5. The number of aliphatic hydroxyl groups is 1. The smallest absolute Gasteiger partial charge is 0.243 e. The predicted molar refractivity (Wildman–Crippen MR) is 315 cm³/mol. The average molecular weight is 1120 g/mol. The van der Waals surface area contributed by atoms with Gasteiger partial charge in [0.15, 0.2) is 17.4 Å². The summed E-state index contributed by atoms with van der Waals surface area (Å²) >= 11 is 1.72. The number of fused-ring (bicyclic) bond motifs is 2. The van der Waals surface area contributed by atoms with Crippen LogP contribution < -0.4 is 30.5 Å². The van der Waals surface area contributed by atoms with E-state index in [-0.39, 0.29) is 59.9 Å². The second kappa shape index (κ2) is 23.8. The van der Waals surface area contributed by atoms with Crippen molar-refractivity contribution in [1.29, 1.82) is 0 Å². The van der Waals surface area contributed by atoms with E-state index in [1.165, 1.54) is 5.56 Å². The maximum Gasteiger partial charge on any atom is 0.243 e. The minimum atomic E-state index is -0.799. The van der Waals surface area contributed by atoms with Crippen LogP contribution in [0.2, 0.25) is 0 Å². The number of aromatic nitrogens is 4. The second-order valence-corrected chi connectivity index (χ2v) is 25.3. The molecular formula is C61H79N13O6S. The number of aliphatic imine (C=N–C) groups is 1. The molecule has 12 rings (SSSR count). The predicted octanol–water partition coefficient (Wildman–Crippen LogP) is 7.49. The molecule has 20 heteroatoms. The van der Waals surface area contributed by atoms with Crippen LogP contribution in [-0.2, 0) is 9.59 Å². The fourth-order valence-corrected chi connectivity index (χ4v) is 14.8. The van der Waals surface area contributed by atoms with Crippen LogP contribution in [0.25, 0.3) is 11.3 Å². The first-order chi connectivity index (χ1) is 39.3. The summed E-state index contributed by atoms with van der Waals surface area (Å²) in [7, 11) is 0. The van der Waals surface area contributed by atoms with Crippen LogP contribution in [0.3, 0.4) is 0 Å². The number of aromatic hydroxyl groups is 1. The number of hydrogen-bond acceptors (Lipinski definition) is 18. The summed E-state index contributed by atoms with van der Waals surface area (Å²) in [4.78, 5) is 51.5. The number of benzene rings is 2. The summed E-state index contributed by atoms with van der Waals surface area (Å²) in [5.74, 6) is 2.34. The topological polar surface area (TPSA) is 218 Å². The summed E-state index contributed by atoms with van der Waals surface area (Å²) in [6, 6.07) is 23.5. The molecule has 8 atom stereocenters. The number of amides is 2. The van der Waals surface area contributed by atoms with E-state index in [0.717, 1.165) is 127 Å². The number of phenolic OH excluding ortho intramolecular Hbond substituents is 1. The highest BCUT2D eigenvalue weighted by molar-refractivity contribution is 8.12. The Bertz CT molecular complexity index is 3040. The number of nitrogen functional groups attached to an aromatic ring is 1. The Morgan fingerprint density at radius 1 is 0.889 bits per heavy atom. The van der Waals surface area contributed by atoms with Crippen LogP contribution >= 0.6 is 11.8 Å². The van der Waals surface area contributed by atoms with E-state index in [2.05, 4.69) is 86.3 Å². The van der Waals surface area contributed by atoms with Crippen LogP contribution in [0, 0.1) is 17.8 Å². The van der Waals surface area contributed by atoms with Gasteiger partial charge in [-0.2, -0.15) is 0 Å². The fraction of sp³-hybridized carbons (Fsp3) is 0.557. The number of nitrogens with one attached hydrogen (secondary N) is 1. The lowest BCUT2D eigenvalue weighted by atomic mass is 9.87. The molecule has 0 radical (unpaired) electrons. The number of aliphatic hydroxyl groups excluding tert-OH is 1. The maximum absolute atomic E-state index is 14.5. The third-order valence-corrected chi connectivity index (χ3v) is 19.6. The van der Waals surface area contributed by atoms with E-state index in [4.69, 9.17) is 15.0 Å². The van der Waals surface area contributed by atoms with Gasteiger partial charge in [-0.15, -0.1) is 22.0 Å². The van der Waals surface area contributed by atoms with E-state index in [1.807, 2.05) is 68.9 Å². The number of hydrogen-bond donors (Lipinski definition) is 4. The van der Waals surface area contributed by atoms with Crippen molar-refractivity contribution in [3.8, 4) is 22.9 Å². The molecule has 6 fully saturated rings. The lowest BCUT2D eigenvalue weighted by Crippen LogP contribution is -2.56. The van der Waals surface area contributed by atoms with E-state index >= 15 is 0 Å². The van der Waals surface area contributed by atoms with Gasteiger partial charge in [0.2, 0.25) is 17.7 Å². The normalized spacial score (nSPS) is 27.1. The Balaban J connectivity index is 0.594. The molecule has 2 amide bonds. The van der Waals surface area contributed by atoms with E-state index in [9.17, 15) is 19.8 Å². The number of rotatable bonds is 16. The Labute approximate surface area is 479 Å². The average Bonchev–Trinajstić information content (AvgIpc) is 4.37. The summed E-state index contributed by atoms with van der Waals surface area (Å²) < 4.78 is 12.6. The highest BCUT2D eigenvalue weighted by Gasteiger charge is 2.45. The number of carbonyl (C=O) groups is 2. The van der Waals surface area contributed by atoms with Crippen LogP contribution in [0.15, 0.2) is 88.5 Å². The first kappa shape index (κ1) is 55.1. The largest absolute Gasteiger partial charge is 0.507 e. The van der Waals surface area contributed by atoms with Crippen molar-refractivity contribution in [2.75, 3.05) is 86.0 Å². The number of nitrogens with zero attached hydrogens (tertiary/aromatic N) is 11. The lowest BCUT2D eigenvalue weighted by Gasteiger charge is -2.47. The van der Waals surface area contributed by atoms with Crippen molar-refractivity contribution in [2.45, 2.75) is 133 Å². The first-order valence-electron chi connectivity index (χ1n) is 29.6. The van der Waals surface area contributed by atoms with Gasteiger partial charge in [-0.3, -0.25) is 24.4 Å². The fourth-order valence-electron chi connectivity index (χ4n) is 13.8. The Morgan fingerprint density at radius 2 is 1.69 bits per heavy atom. The number of pyridine rings is 1. The Morgan fingerprint density at radius 3 is 2.47 bits per heavy atom. The zero-order valence-electron chi connectivity index (χ0n) is 47.2. The molecule has 81 heavy (non-hydrogen) atoms. The molecule has 9 heterocycles. The molecule has 4 unspecified atom stereocenters. The van der Waals surface area contributed by atoms with Gasteiger partial charge in [0.05, 0.1) is 47.0 Å². The van der Waals surface area contributed by atoms with E-state index in [0.29, 0.717) is 52.6 Å². The van der Waals surface area contributed by atoms with E-state index < -0.39 is 18.1 Å². The summed E-state index contributed by atoms with van der Waals surface area (Å²) in [5.41, 5.74) is 13.8. The molecule has 6 aliphatic heterocycles. The molecular weight excluding hydrogens is 1040 g/mol. The molecule has 19 nitrogen and oxygen atoms in total. The van der Waals surface area contributed by atoms with Gasteiger partial charge in [-0.05, 0) is 99.1 Å². The van der Waals surface area contributed by atoms with Crippen LogP contribution in [-0.4, -0.2) is 165 Å². The minimum Gasteiger partial charge on any atom is -0.507 e. The van der Waals surface area contributed by atoms with Gasteiger partial charge >= 0.3 is 0 Å². The van der Waals surface area contributed by atoms with Gasteiger partial charge in [0, 0.05) is 120 Å². The van der Waals surface area contributed by atoms with Gasteiger partial charge < -0.3 is 50.1 Å². The molecule has 2 aromatic carbocycles. The Hall–Kier alpha value is -6.48. The maximum atomic E-state index is 14.5. The molecule has 1 aliphatic carbocycles. The molecule has 1 saturated carbocycles. The molecule has 430 valence electrons. The van der Waals surface area contributed by atoms with E-state index in [1.54, 1.807) is 28.8 Å². The van der Waals surface area contributed by atoms with Gasteiger partial charge in [0.25, 0.3) is 0 Å². The Kier molecular flexibility index (Phi) is 16.2. The molecule has 5 aromatic rings. The summed E-state index contributed by atoms with van der Waals surface area (Å²) in [5, 5.41) is 37.9. The third kappa shape index (κ3) is 11.9. The number of anilines is 4. The number of likely N-dealkylation sites (tertiary alicyclic amines) is 1. The lowest BCUT2D eigenvalue weighted by molar-refractivity contribution is -0.141. The zero-order valence-corrected chi connectivity index (χ0v) is 48.0. The third-order valence-electron chi connectivity index (χ3n) is 18.4. The number of β-amino-alcohol motifs (C(OH)–C–C–N with tert-alkyl or cyclic N) is 1. The van der Waals surface area contributed by atoms with Crippen molar-refractivity contribution in [3.05, 3.63) is 95.9 Å². The molecule has 3 aromatic heterocycles. The van der Waals surface area contributed by atoms with Crippen LogP contribution in [0.5, 0.6) is 11.6 Å². The summed E-state index contributed by atoms with van der Waals surface area (Å²) in [6.07, 6.45) is 8.81. The monoisotopic (exact) mass is 1120 g/mol. The number of thioether (sulfide) groups is 1. The van der Waals surface area contributed by atoms with Crippen molar-refractivity contribution in [3.63, 3.8) is 0 Å². The molecule has 5 N–H and O–H groups in total. The zero-order chi connectivity index (χ0) is 55.9. The number of nitrogens with two attached hydrogens (primary N) is 1. The molecule has 7 aliphatic rings. The van der Waals surface area contributed by atoms with Crippen LogP contribution in [0.4, 0.5) is 23.0 Å². The number of phenols is 1. The van der Waals surface area contributed by atoms with Gasteiger partial charge in [-0.1, -0.05) is 55.4 Å². The highest BCUT2D eigenvalue weighted by Crippen LogP contribution is 2.41. The van der Waals surface area contributed by atoms with Crippen LogP contribution in [0.1, 0.15) is 113 Å². The van der Waals surface area contributed by atoms with Crippen molar-refractivity contribution < 1.29 is 29.1 Å². The number of carbonyl (C=O) groups excluding carboxylic acids is 2. The van der Waals surface area contributed by atoms with Crippen molar-refractivity contribution in [2.24, 2.45) is 22.7 Å². The molecule has 0 spiro atoms. The van der Waals surface area contributed by atoms with Crippen molar-refractivity contribution >= 4 is 52.1 Å². The van der Waals surface area contributed by atoms with Gasteiger partial charge in [0.1, 0.15) is 23.8 Å². The van der Waals surface area contributed by atoms with Gasteiger partial charge in [-0.25, -0.2) is 4.98 Å². The minimum absolute atomic E-state index is 0.0897. The second-order valence-electron chi connectivity index (χ2n) is 24.3.